The summed E-state index contributed by atoms with van der Waals surface area (Å²) in [6, 6.07) is 13.4. The standard InChI is InChI=1S/C20H23N3O2S/c1-13-6-5-7-15(19(13)20(21)25)22-12-18(24)23-11-10-14(2)26-17-9-4-3-8-16(17)23/h3-9,14,22H,10-12H2,1-2H3,(H2,21,25). The largest absolute Gasteiger partial charge is 0.375 e. The van der Waals surface area contributed by atoms with Crippen LogP contribution in [0, 0.1) is 6.92 Å². The van der Waals surface area contributed by atoms with Crippen molar-refractivity contribution in [3.8, 4) is 0 Å². The van der Waals surface area contributed by atoms with E-state index in [2.05, 4.69) is 18.3 Å². The van der Waals surface area contributed by atoms with Crippen molar-refractivity contribution in [2.75, 3.05) is 23.3 Å². The Morgan fingerprint density at radius 1 is 1.23 bits per heavy atom. The molecule has 0 spiro atoms. The number of hydrogen-bond donors (Lipinski definition) is 2. The van der Waals surface area contributed by atoms with E-state index in [0.717, 1.165) is 22.6 Å². The van der Waals surface area contributed by atoms with Crippen molar-refractivity contribution in [1.82, 2.24) is 0 Å². The first-order valence-corrected chi connectivity index (χ1v) is 9.54. The molecular weight excluding hydrogens is 346 g/mol. The second-order valence-corrected chi connectivity index (χ2v) is 7.93. The van der Waals surface area contributed by atoms with Gasteiger partial charge in [0.2, 0.25) is 5.91 Å². The van der Waals surface area contributed by atoms with Crippen LogP contribution in [0.15, 0.2) is 47.4 Å². The highest BCUT2D eigenvalue weighted by Gasteiger charge is 2.24. The Bertz CT molecular complexity index is 838. The number of nitrogens with zero attached hydrogens (tertiary/aromatic N) is 1. The molecule has 0 saturated carbocycles. The lowest BCUT2D eigenvalue weighted by Crippen LogP contribution is -2.37. The minimum Gasteiger partial charge on any atom is -0.375 e. The molecule has 0 radical (unpaired) electrons. The average Bonchev–Trinajstić information content (AvgIpc) is 2.77. The maximum atomic E-state index is 12.9. The summed E-state index contributed by atoms with van der Waals surface area (Å²) in [5.41, 5.74) is 8.26. The van der Waals surface area contributed by atoms with Crippen molar-refractivity contribution < 1.29 is 9.59 Å². The number of nitrogens with one attached hydrogen (secondary N) is 1. The van der Waals surface area contributed by atoms with Gasteiger partial charge in [-0.05, 0) is 37.1 Å². The van der Waals surface area contributed by atoms with Gasteiger partial charge in [-0.1, -0.05) is 31.2 Å². The van der Waals surface area contributed by atoms with Crippen LogP contribution in [0.25, 0.3) is 0 Å². The van der Waals surface area contributed by atoms with Crippen molar-refractivity contribution in [1.29, 1.82) is 0 Å². The second kappa shape index (κ2) is 7.83. The van der Waals surface area contributed by atoms with Gasteiger partial charge in [-0.25, -0.2) is 0 Å². The van der Waals surface area contributed by atoms with Crippen LogP contribution < -0.4 is 16.0 Å². The van der Waals surface area contributed by atoms with E-state index >= 15 is 0 Å². The lowest BCUT2D eigenvalue weighted by atomic mass is 10.1. The molecule has 1 heterocycles. The van der Waals surface area contributed by atoms with Gasteiger partial charge in [0.1, 0.15) is 0 Å². The fourth-order valence-electron chi connectivity index (χ4n) is 3.15. The summed E-state index contributed by atoms with van der Waals surface area (Å²) in [7, 11) is 0. The number of benzene rings is 2. The van der Waals surface area contributed by atoms with E-state index in [1.165, 1.54) is 0 Å². The van der Waals surface area contributed by atoms with Crippen LogP contribution in [-0.4, -0.2) is 30.2 Å². The first-order valence-electron chi connectivity index (χ1n) is 8.66. The van der Waals surface area contributed by atoms with Crippen molar-refractivity contribution in [3.05, 3.63) is 53.6 Å². The molecule has 0 bridgehead atoms. The number of amides is 2. The van der Waals surface area contributed by atoms with E-state index in [1.807, 2.05) is 42.2 Å². The van der Waals surface area contributed by atoms with Crippen molar-refractivity contribution in [2.24, 2.45) is 5.73 Å². The molecule has 1 atom stereocenters. The minimum atomic E-state index is -0.497. The quantitative estimate of drug-likeness (QED) is 0.866. The molecule has 5 nitrogen and oxygen atoms in total. The molecule has 0 aliphatic carbocycles. The molecule has 0 aromatic heterocycles. The number of thioether (sulfide) groups is 1. The zero-order chi connectivity index (χ0) is 18.7. The zero-order valence-electron chi connectivity index (χ0n) is 15.0. The maximum Gasteiger partial charge on any atom is 0.251 e. The first kappa shape index (κ1) is 18.3. The van der Waals surface area contributed by atoms with Crippen LogP contribution in [-0.2, 0) is 4.79 Å². The molecule has 1 unspecified atom stereocenters. The molecule has 0 fully saturated rings. The van der Waals surface area contributed by atoms with Crippen molar-refractivity contribution in [3.63, 3.8) is 0 Å². The SMILES string of the molecule is Cc1cccc(NCC(=O)N2CCC(C)Sc3ccccc32)c1C(N)=O. The summed E-state index contributed by atoms with van der Waals surface area (Å²) < 4.78 is 0. The zero-order valence-corrected chi connectivity index (χ0v) is 15.8. The van der Waals surface area contributed by atoms with Crippen molar-refractivity contribution >= 4 is 35.0 Å². The number of rotatable bonds is 4. The number of anilines is 2. The summed E-state index contributed by atoms with van der Waals surface area (Å²) in [4.78, 5) is 27.6. The summed E-state index contributed by atoms with van der Waals surface area (Å²) >= 11 is 1.80. The first-order chi connectivity index (χ1) is 12.5. The van der Waals surface area contributed by atoms with Crippen LogP contribution in [0.5, 0.6) is 0 Å². The van der Waals surface area contributed by atoms with Gasteiger partial charge in [-0.15, -0.1) is 11.8 Å². The molecule has 3 N–H and O–H groups in total. The highest BCUT2D eigenvalue weighted by atomic mass is 32.2. The van der Waals surface area contributed by atoms with Gasteiger partial charge in [-0.2, -0.15) is 0 Å². The Hall–Kier alpha value is -2.47. The van der Waals surface area contributed by atoms with E-state index in [1.54, 1.807) is 17.8 Å². The third-order valence-electron chi connectivity index (χ3n) is 4.49. The molecule has 1 aliphatic rings. The molecule has 6 heteroatoms. The summed E-state index contributed by atoms with van der Waals surface area (Å²) in [5, 5.41) is 3.55. The maximum absolute atomic E-state index is 12.9. The fraction of sp³-hybridized carbons (Fsp3) is 0.300. The Morgan fingerprint density at radius 3 is 2.77 bits per heavy atom. The van der Waals surface area contributed by atoms with Crippen molar-refractivity contribution in [2.45, 2.75) is 30.4 Å². The summed E-state index contributed by atoms with van der Waals surface area (Å²) in [5.74, 6) is -0.521. The minimum absolute atomic E-state index is 0.0240. The molecule has 1 aliphatic heterocycles. The monoisotopic (exact) mass is 369 g/mol. The Morgan fingerprint density at radius 2 is 2.00 bits per heavy atom. The molecule has 2 aromatic rings. The Balaban J connectivity index is 1.79. The molecular formula is C20H23N3O2S. The van der Waals surface area contributed by atoms with Gasteiger partial charge in [-0.3, -0.25) is 9.59 Å². The molecule has 0 saturated heterocycles. The van der Waals surface area contributed by atoms with Crippen LogP contribution in [0.4, 0.5) is 11.4 Å². The molecule has 2 aromatic carbocycles. The number of aryl methyl sites for hydroxylation is 1. The lowest BCUT2D eigenvalue weighted by Gasteiger charge is -2.23. The van der Waals surface area contributed by atoms with Gasteiger partial charge < -0.3 is 16.0 Å². The number of nitrogens with two attached hydrogens (primary N) is 1. The third-order valence-corrected chi connectivity index (χ3v) is 5.73. The Kier molecular flexibility index (Phi) is 5.52. The van der Waals surface area contributed by atoms with E-state index in [0.29, 0.717) is 23.0 Å². The van der Waals surface area contributed by atoms with E-state index in [-0.39, 0.29) is 12.5 Å². The highest BCUT2D eigenvalue weighted by molar-refractivity contribution is 8.00. The molecule has 26 heavy (non-hydrogen) atoms. The Labute approximate surface area is 157 Å². The van der Waals surface area contributed by atoms with Gasteiger partial charge in [0, 0.05) is 22.4 Å². The van der Waals surface area contributed by atoms with Crippen LogP contribution >= 0.6 is 11.8 Å². The normalized spacial score (nSPS) is 16.5. The third kappa shape index (κ3) is 3.85. The fourth-order valence-corrected chi connectivity index (χ4v) is 4.27. The smallest absolute Gasteiger partial charge is 0.251 e. The van der Waals surface area contributed by atoms with Gasteiger partial charge in [0.05, 0.1) is 17.8 Å². The summed E-state index contributed by atoms with van der Waals surface area (Å²) in [6.45, 7) is 4.80. The molecule has 3 rings (SSSR count). The van der Waals surface area contributed by atoms with Gasteiger partial charge in [0.25, 0.3) is 5.91 Å². The van der Waals surface area contributed by atoms with E-state index < -0.39 is 5.91 Å². The summed E-state index contributed by atoms with van der Waals surface area (Å²) in [6.07, 6.45) is 0.933. The van der Waals surface area contributed by atoms with E-state index in [9.17, 15) is 9.59 Å². The van der Waals surface area contributed by atoms with Crippen LogP contribution in [0.3, 0.4) is 0 Å². The van der Waals surface area contributed by atoms with Crippen LogP contribution in [0.1, 0.15) is 29.3 Å². The molecule has 136 valence electrons. The highest BCUT2D eigenvalue weighted by Crippen LogP contribution is 2.37. The number of carbonyl (C=O) groups is 2. The number of primary amides is 1. The number of carbonyl (C=O) groups excluding carboxylic acids is 2. The molecule has 2 amide bonds. The van der Waals surface area contributed by atoms with E-state index in [4.69, 9.17) is 5.73 Å². The lowest BCUT2D eigenvalue weighted by molar-refractivity contribution is -0.117. The number of hydrogen-bond acceptors (Lipinski definition) is 4. The second-order valence-electron chi connectivity index (χ2n) is 6.45. The number of para-hydroxylation sites is 1. The predicted molar refractivity (Wildman–Crippen MR) is 107 cm³/mol. The average molecular weight is 369 g/mol. The predicted octanol–water partition coefficient (Wildman–Crippen LogP) is 3.42. The van der Waals surface area contributed by atoms with Gasteiger partial charge in [0.15, 0.2) is 0 Å². The number of fused-ring (bicyclic) bond motifs is 1. The topological polar surface area (TPSA) is 75.4 Å². The van der Waals surface area contributed by atoms with Crippen LogP contribution in [0.2, 0.25) is 0 Å². The van der Waals surface area contributed by atoms with Gasteiger partial charge >= 0.3 is 0 Å².